The van der Waals surface area contributed by atoms with Crippen LogP contribution in [0.15, 0.2) is 22.1 Å². The monoisotopic (exact) mass is 447 g/mol. The minimum atomic E-state index is -0.985. The van der Waals surface area contributed by atoms with Crippen molar-refractivity contribution in [3.05, 3.63) is 38.9 Å². The van der Waals surface area contributed by atoms with Crippen LogP contribution in [0.4, 0.5) is 0 Å². The van der Waals surface area contributed by atoms with E-state index in [1.54, 1.807) is 18.1 Å². The van der Waals surface area contributed by atoms with Crippen molar-refractivity contribution >= 4 is 5.91 Å². The molecule has 2 fully saturated rings. The van der Waals surface area contributed by atoms with Crippen LogP contribution >= 0.6 is 0 Å². The van der Waals surface area contributed by atoms with Gasteiger partial charge >= 0.3 is 5.69 Å². The van der Waals surface area contributed by atoms with E-state index in [0.29, 0.717) is 52.0 Å². The zero-order valence-corrected chi connectivity index (χ0v) is 18.4. The second-order valence-electron chi connectivity index (χ2n) is 8.77. The molecule has 0 saturated carbocycles. The topological polar surface area (TPSA) is 137 Å². The molecule has 4 heterocycles. The maximum Gasteiger partial charge on any atom is 0.330 e. The average molecular weight is 447 g/mol. The van der Waals surface area contributed by atoms with Gasteiger partial charge in [0.15, 0.2) is 0 Å². The number of aryl methyl sites for hydroxylation is 1. The largest absolute Gasteiger partial charge is 0.388 e. The highest BCUT2D eigenvalue weighted by Gasteiger charge is 2.40. The maximum absolute atomic E-state index is 13.1. The van der Waals surface area contributed by atoms with Gasteiger partial charge in [0, 0.05) is 46.6 Å². The lowest BCUT2D eigenvalue weighted by Gasteiger charge is -2.39. The van der Waals surface area contributed by atoms with Gasteiger partial charge in [-0.15, -0.1) is 5.10 Å². The number of hydrogen-bond acceptors (Lipinski definition) is 8. The molecule has 1 unspecified atom stereocenters. The molecule has 0 aliphatic carbocycles. The van der Waals surface area contributed by atoms with E-state index in [4.69, 9.17) is 4.74 Å². The van der Waals surface area contributed by atoms with Crippen molar-refractivity contribution in [3.63, 3.8) is 0 Å². The number of rotatable bonds is 5. The summed E-state index contributed by atoms with van der Waals surface area (Å²) in [6.07, 6.45) is 4.73. The first-order valence-electron chi connectivity index (χ1n) is 10.9. The first kappa shape index (κ1) is 22.3. The van der Waals surface area contributed by atoms with Crippen molar-refractivity contribution in [2.24, 2.45) is 20.0 Å². The summed E-state index contributed by atoms with van der Waals surface area (Å²) in [6, 6.07) is 0. The van der Waals surface area contributed by atoms with Crippen molar-refractivity contribution in [3.8, 4) is 0 Å². The molecular formula is C20H29N7O5. The Hall–Kier alpha value is -2.86. The van der Waals surface area contributed by atoms with Crippen molar-refractivity contribution in [1.82, 2.24) is 34.2 Å². The van der Waals surface area contributed by atoms with E-state index in [-0.39, 0.29) is 23.8 Å². The van der Waals surface area contributed by atoms with Crippen molar-refractivity contribution in [2.45, 2.75) is 43.7 Å². The molecule has 4 rings (SSSR count). The Morgan fingerprint density at radius 3 is 2.56 bits per heavy atom. The van der Waals surface area contributed by atoms with Crippen LogP contribution in [0.25, 0.3) is 0 Å². The zero-order valence-electron chi connectivity index (χ0n) is 18.4. The molecule has 1 N–H and O–H groups in total. The van der Waals surface area contributed by atoms with Crippen LogP contribution in [0.2, 0.25) is 0 Å². The Labute approximate surface area is 184 Å². The number of amides is 1. The molecule has 2 aliphatic rings. The molecular weight excluding hydrogens is 418 g/mol. The van der Waals surface area contributed by atoms with Crippen molar-refractivity contribution < 1.29 is 14.6 Å². The Kier molecular flexibility index (Phi) is 6.24. The van der Waals surface area contributed by atoms with E-state index in [1.165, 1.54) is 17.8 Å². The van der Waals surface area contributed by atoms with Gasteiger partial charge in [0.05, 0.1) is 23.6 Å². The summed E-state index contributed by atoms with van der Waals surface area (Å²) in [5.41, 5.74) is -1.20. The second kappa shape index (κ2) is 8.94. The lowest BCUT2D eigenvalue weighted by atomic mass is 9.85. The maximum atomic E-state index is 13.1. The van der Waals surface area contributed by atoms with E-state index < -0.39 is 22.9 Å². The van der Waals surface area contributed by atoms with Crippen LogP contribution in [0.3, 0.4) is 0 Å². The van der Waals surface area contributed by atoms with Gasteiger partial charge < -0.3 is 19.3 Å². The van der Waals surface area contributed by atoms with Crippen LogP contribution in [0, 0.1) is 5.92 Å². The van der Waals surface area contributed by atoms with Gasteiger partial charge in [-0.3, -0.25) is 14.2 Å². The molecule has 1 atom stereocenters. The van der Waals surface area contributed by atoms with Gasteiger partial charge in [-0.05, 0) is 42.0 Å². The molecule has 0 spiro atoms. The minimum Gasteiger partial charge on any atom is -0.388 e. The van der Waals surface area contributed by atoms with Crippen LogP contribution < -0.4 is 11.2 Å². The summed E-state index contributed by atoms with van der Waals surface area (Å²) < 4.78 is 9.46. The van der Waals surface area contributed by atoms with Gasteiger partial charge in [-0.1, -0.05) is 0 Å². The number of aromatic nitrogens is 6. The highest BCUT2D eigenvalue weighted by molar-refractivity contribution is 5.77. The summed E-state index contributed by atoms with van der Waals surface area (Å²) in [5, 5.41) is 22.4. The van der Waals surface area contributed by atoms with Gasteiger partial charge in [-0.2, -0.15) is 0 Å². The number of ether oxygens (including phenoxy) is 1. The van der Waals surface area contributed by atoms with Crippen LogP contribution in [0.1, 0.15) is 43.8 Å². The number of aliphatic hydroxyl groups excluding tert-OH is 1. The number of aliphatic hydroxyl groups is 1. The SMILES string of the molecule is Cn1cc(C(O)C2CCN(C(=O)CC3(n4cnnn4)CCOCC3)CC2)c(=O)n(C)c1=O. The fourth-order valence-corrected chi connectivity index (χ4v) is 4.77. The summed E-state index contributed by atoms with van der Waals surface area (Å²) in [4.78, 5) is 39.3. The number of nitrogens with zero attached hydrogens (tertiary/aromatic N) is 7. The third-order valence-corrected chi connectivity index (χ3v) is 6.87. The normalized spacial score (nSPS) is 20.3. The molecule has 0 bridgehead atoms. The predicted molar refractivity (Wildman–Crippen MR) is 112 cm³/mol. The minimum absolute atomic E-state index is 0.0216. The first-order valence-corrected chi connectivity index (χ1v) is 10.9. The fraction of sp³-hybridized carbons (Fsp3) is 0.700. The number of carbonyl (C=O) groups excluding carboxylic acids is 1. The smallest absolute Gasteiger partial charge is 0.330 e. The summed E-state index contributed by atoms with van der Waals surface area (Å²) in [7, 11) is 2.95. The van der Waals surface area contributed by atoms with E-state index in [1.807, 2.05) is 4.90 Å². The quantitative estimate of drug-likeness (QED) is 0.612. The van der Waals surface area contributed by atoms with Crippen LogP contribution in [-0.4, -0.2) is 71.6 Å². The fourth-order valence-electron chi connectivity index (χ4n) is 4.77. The van der Waals surface area contributed by atoms with Gasteiger partial charge in [0.2, 0.25) is 5.91 Å². The highest BCUT2D eigenvalue weighted by Crippen LogP contribution is 2.34. The highest BCUT2D eigenvalue weighted by atomic mass is 16.5. The second-order valence-corrected chi connectivity index (χ2v) is 8.77. The van der Waals surface area contributed by atoms with Crippen molar-refractivity contribution in [1.29, 1.82) is 0 Å². The van der Waals surface area contributed by atoms with E-state index in [9.17, 15) is 19.5 Å². The van der Waals surface area contributed by atoms with E-state index in [2.05, 4.69) is 15.5 Å². The molecule has 2 aromatic heterocycles. The van der Waals surface area contributed by atoms with E-state index >= 15 is 0 Å². The molecule has 1 amide bonds. The zero-order chi connectivity index (χ0) is 22.9. The molecule has 0 radical (unpaired) electrons. The molecule has 12 heteroatoms. The Morgan fingerprint density at radius 2 is 1.94 bits per heavy atom. The Balaban J connectivity index is 1.42. The number of tetrazole rings is 1. The van der Waals surface area contributed by atoms with Gasteiger partial charge in [-0.25, -0.2) is 9.48 Å². The first-order chi connectivity index (χ1) is 15.3. The average Bonchev–Trinajstić information content (AvgIpc) is 3.36. The predicted octanol–water partition coefficient (Wildman–Crippen LogP) is -1.06. The van der Waals surface area contributed by atoms with Gasteiger partial charge in [0.1, 0.15) is 6.33 Å². The van der Waals surface area contributed by atoms with Crippen molar-refractivity contribution in [2.75, 3.05) is 26.3 Å². The molecule has 2 saturated heterocycles. The van der Waals surface area contributed by atoms with Gasteiger partial charge in [0.25, 0.3) is 5.56 Å². The van der Waals surface area contributed by atoms with E-state index in [0.717, 1.165) is 4.57 Å². The molecule has 32 heavy (non-hydrogen) atoms. The summed E-state index contributed by atoms with van der Waals surface area (Å²) in [5.74, 6) is -0.144. The molecule has 174 valence electrons. The molecule has 12 nitrogen and oxygen atoms in total. The third kappa shape index (κ3) is 4.11. The third-order valence-electron chi connectivity index (χ3n) is 6.87. The number of likely N-dealkylation sites (tertiary alicyclic amines) is 1. The standard InChI is InChI=1S/C20H29N7O5/c1-24-12-15(18(30)25(2)19(24)31)17(29)14-3-7-26(8-4-14)16(28)11-20(5-9-32-10-6-20)27-13-21-22-23-27/h12-14,17,29H,3-11H2,1-2H3. The summed E-state index contributed by atoms with van der Waals surface area (Å²) in [6.45, 7) is 2.09. The lowest BCUT2D eigenvalue weighted by molar-refractivity contribution is -0.137. The lowest BCUT2D eigenvalue weighted by Crippen LogP contribution is -2.47. The van der Waals surface area contributed by atoms with Crippen LogP contribution in [-0.2, 0) is 29.2 Å². The Morgan fingerprint density at radius 1 is 1.25 bits per heavy atom. The molecule has 2 aliphatic heterocycles. The Bertz CT molecular complexity index is 1060. The molecule has 0 aromatic carbocycles. The number of hydrogen-bond donors (Lipinski definition) is 1. The summed E-state index contributed by atoms with van der Waals surface area (Å²) >= 11 is 0. The van der Waals surface area contributed by atoms with Crippen LogP contribution in [0.5, 0.6) is 0 Å². The molecule has 2 aromatic rings. The number of carbonyl (C=O) groups is 1. The number of piperidine rings is 1.